The van der Waals surface area contributed by atoms with Crippen molar-refractivity contribution in [2.24, 2.45) is 0 Å². The van der Waals surface area contributed by atoms with Gasteiger partial charge in [-0.2, -0.15) is 0 Å². The minimum atomic E-state index is -0.923. The molecule has 29 heavy (non-hydrogen) atoms. The third-order valence-electron chi connectivity index (χ3n) is 6.12. The SMILES string of the molecule is CCc1ccc(-c2ccc(-c3ccc(C4CCCCC4)cc3)c(F)c2)c(F)c1F. The van der Waals surface area contributed by atoms with Crippen molar-refractivity contribution in [3.63, 3.8) is 0 Å². The van der Waals surface area contributed by atoms with Crippen LogP contribution in [0, 0.1) is 17.5 Å². The fourth-order valence-electron chi connectivity index (χ4n) is 4.37. The quantitative estimate of drug-likeness (QED) is 0.420. The van der Waals surface area contributed by atoms with E-state index in [1.54, 1.807) is 25.1 Å². The van der Waals surface area contributed by atoms with Crippen LogP contribution >= 0.6 is 0 Å². The van der Waals surface area contributed by atoms with Crippen molar-refractivity contribution in [3.8, 4) is 22.3 Å². The Morgan fingerprint density at radius 3 is 2.03 bits per heavy atom. The summed E-state index contributed by atoms with van der Waals surface area (Å²) in [5, 5.41) is 0. The maximum atomic E-state index is 14.8. The molecule has 0 unspecified atom stereocenters. The first-order valence-electron chi connectivity index (χ1n) is 10.5. The van der Waals surface area contributed by atoms with Crippen LogP contribution in [0.1, 0.15) is 56.1 Å². The first-order valence-corrected chi connectivity index (χ1v) is 10.5. The fourth-order valence-corrected chi connectivity index (χ4v) is 4.37. The summed E-state index contributed by atoms with van der Waals surface area (Å²) in [5.41, 5.74) is 3.32. The van der Waals surface area contributed by atoms with Gasteiger partial charge in [0, 0.05) is 11.1 Å². The minimum Gasteiger partial charge on any atom is -0.206 e. The first kappa shape index (κ1) is 19.8. The van der Waals surface area contributed by atoms with Crippen molar-refractivity contribution in [2.45, 2.75) is 51.4 Å². The summed E-state index contributed by atoms with van der Waals surface area (Å²) in [5.74, 6) is -1.61. The lowest BCUT2D eigenvalue weighted by atomic mass is 9.83. The summed E-state index contributed by atoms with van der Waals surface area (Å²) in [7, 11) is 0. The van der Waals surface area contributed by atoms with Crippen LogP contribution in [0.15, 0.2) is 54.6 Å². The Labute approximate surface area is 170 Å². The molecule has 4 rings (SSSR count). The number of halogens is 3. The zero-order valence-electron chi connectivity index (χ0n) is 16.7. The summed E-state index contributed by atoms with van der Waals surface area (Å²) in [6.07, 6.45) is 6.73. The molecule has 0 atom stereocenters. The van der Waals surface area contributed by atoms with Gasteiger partial charge in [0.1, 0.15) is 5.82 Å². The second kappa shape index (κ2) is 8.44. The number of rotatable bonds is 4. The number of aryl methyl sites for hydroxylation is 1. The third kappa shape index (κ3) is 3.96. The van der Waals surface area contributed by atoms with Crippen molar-refractivity contribution >= 4 is 0 Å². The maximum absolute atomic E-state index is 14.8. The summed E-state index contributed by atoms with van der Waals surface area (Å²) in [6.45, 7) is 1.77. The Hall–Kier alpha value is -2.55. The molecule has 0 aromatic heterocycles. The second-order valence-corrected chi connectivity index (χ2v) is 7.91. The average Bonchev–Trinajstić information content (AvgIpc) is 2.76. The van der Waals surface area contributed by atoms with Crippen molar-refractivity contribution in [1.82, 2.24) is 0 Å². The van der Waals surface area contributed by atoms with Crippen molar-refractivity contribution in [1.29, 1.82) is 0 Å². The van der Waals surface area contributed by atoms with Gasteiger partial charge >= 0.3 is 0 Å². The van der Waals surface area contributed by atoms with Crippen molar-refractivity contribution < 1.29 is 13.2 Å². The molecule has 3 aromatic carbocycles. The number of benzene rings is 3. The van der Waals surface area contributed by atoms with Crippen LogP contribution in [0.5, 0.6) is 0 Å². The van der Waals surface area contributed by atoms with Crippen LogP contribution in [0.3, 0.4) is 0 Å². The van der Waals surface area contributed by atoms with Gasteiger partial charge < -0.3 is 0 Å². The monoisotopic (exact) mass is 394 g/mol. The fraction of sp³-hybridized carbons (Fsp3) is 0.308. The van der Waals surface area contributed by atoms with E-state index in [4.69, 9.17) is 0 Å². The molecule has 1 aliphatic rings. The highest BCUT2D eigenvalue weighted by molar-refractivity contribution is 5.71. The first-order chi connectivity index (χ1) is 14.1. The van der Waals surface area contributed by atoms with Gasteiger partial charge in [-0.3, -0.25) is 0 Å². The zero-order valence-corrected chi connectivity index (χ0v) is 16.7. The molecule has 0 N–H and O–H groups in total. The van der Waals surface area contributed by atoms with Crippen LogP contribution < -0.4 is 0 Å². The molecule has 0 saturated heterocycles. The molecule has 3 aromatic rings. The lowest BCUT2D eigenvalue weighted by Crippen LogP contribution is -2.04. The molecular weight excluding hydrogens is 369 g/mol. The van der Waals surface area contributed by atoms with E-state index in [1.165, 1.54) is 49.8 Å². The van der Waals surface area contributed by atoms with E-state index in [1.807, 2.05) is 12.1 Å². The van der Waals surface area contributed by atoms with Gasteiger partial charge in [-0.25, -0.2) is 13.2 Å². The van der Waals surface area contributed by atoms with Crippen LogP contribution in [0.2, 0.25) is 0 Å². The molecule has 150 valence electrons. The maximum Gasteiger partial charge on any atom is 0.166 e. The standard InChI is InChI=1S/C26H25F3/c1-2-17-12-15-23(26(29)25(17)28)21-13-14-22(24(27)16-21)20-10-8-19(9-11-20)18-6-4-3-5-7-18/h8-16,18H,2-7H2,1H3. The lowest BCUT2D eigenvalue weighted by Gasteiger charge is -2.22. The van der Waals surface area contributed by atoms with Gasteiger partial charge in [-0.05, 0) is 53.5 Å². The van der Waals surface area contributed by atoms with Gasteiger partial charge in [-0.1, -0.05) is 74.7 Å². The van der Waals surface area contributed by atoms with E-state index in [0.717, 1.165) is 5.56 Å². The lowest BCUT2D eigenvalue weighted by molar-refractivity contribution is 0.443. The van der Waals surface area contributed by atoms with E-state index in [2.05, 4.69) is 12.1 Å². The Balaban J connectivity index is 1.62. The smallest absolute Gasteiger partial charge is 0.166 e. The molecule has 0 radical (unpaired) electrons. The van der Waals surface area contributed by atoms with Gasteiger partial charge in [0.25, 0.3) is 0 Å². The van der Waals surface area contributed by atoms with E-state index in [-0.39, 0.29) is 5.56 Å². The van der Waals surface area contributed by atoms with Crippen LogP contribution in [0.25, 0.3) is 22.3 Å². The molecule has 0 heterocycles. The van der Waals surface area contributed by atoms with Crippen LogP contribution in [0.4, 0.5) is 13.2 Å². The molecule has 1 saturated carbocycles. The highest BCUT2D eigenvalue weighted by Gasteiger charge is 2.17. The molecule has 1 fully saturated rings. The highest BCUT2D eigenvalue weighted by Crippen LogP contribution is 2.35. The third-order valence-corrected chi connectivity index (χ3v) is 6.12. The molecule has 0 spiro atoms. The largest absolute Gasteiger partial charge is 0.206 e. The Morgan fingerprint density at radius 2 is 1.38 bits per heavy atom. The Kier molecular flexibility index (Phi) is 5.75. The molecule has 0 aliphatic heterocycles. The minimum absolute atomic E-state index is 0.0813. The van der Waals surface area contributed by atoms with E-state index in [9.17, 15) is 13.2 Å². The Morgan fingerprint density at radius 1 is 0.724 bits per heavy atom. The molecular formula is C26H25F3. The van der Waals surface area contributed by atoms with Crippen molar-refractivity contribution in [2.75, 3.05) is 0 Å². The molecule has 0 nitrogen and oxygen atoms in total. The van der Waals surface area contributed by atoms with Gasteiger partial charge in [0.15, 0.2) is 11.6 Å². The van der Waals surface area contributed by atoms with E-state index in [0.29, 0.717) is 29.0 Å². The predicted octanol–water partition coefficient (Wildman–Crippen LogP) is 8.05. The average molecular weight is 394 g/mol. The van der Waals surface area contributed by atoms with E-state index < -0.39 is 17.5 Å². The summed E-state index contributed by atoms with van der Waals surface area (Å²) >= 11 is 0. The van der Waals surface area contributed by atoms with Gasteiger partial charge in [-0.15, -0.1) is 0 Å². The topological polar surface area (TPSA) is 0 Å². The second-order valence-electron chi connectivity index (χ2n) is 7.91. The summed E-state index contributed by atoms with van der Waals surface area (Å²) in [4.78, 5) is 0. The summed E-state index contributed by atoms with van der Waals surface area (Å²) in [6, 6.07) is 15.8. The number of hydrogen-bond acceptors (Lipinski definition) is 0. The molecule has 3 heteroatoms. The number of hydrogen-bond donors (Lipinski definition) is 0. The van der Waals surface area contributed by atoms with E-state index >= 15 is 0 Å². The summed E-state index contributed by atoms with van der Waals surface area (Å²) < 4.78 is 43.4. The Bertz CT molecular complexity index is 999. The van der Waals surface area contributed by atoms with Gasteiger partial charge in [0.05, 0.1) is 0 Å². The van der Waals surface area contributed by atoms with Crippen molar-refractivity contribution in [3.05, 3.63) is 83.2 Å². The van der Waals surface area contributed by atoms with Crippen LogP contribution in [-0.4, -0.2) is 0 Å². The molecule has 0 amide bonds. The highest BCUT2D eigenvalue weighted by atomic mass is 19.2. The predicted molar refractivity (Wildman–Crippen MR) is 112 cm³/mol. The van der Waals surface area contributed by atoms with Crippen LogP contribution in [-0.2, 0) is 6.42 Å². The molecule has 1 aliphatic carbocycles. The van der Waals surface area contributed by atoms with Gasteiger partial charge in [0.2, 0.25) is 0 Å². The zero-order chi connectivity index (χ0) is 20.4. The normalized spacial score (nSPS) is 14.9. The molecule has 0 bridgehead atoms.